The molecule has 0 radical (unpaired) electrons. The van der Waals surface area contributed by atoms with Crippen molar-refractivity contribution in [2.24, 2.45) is 0 Å². The zero-order chi connectivity index (χ0) is 23.4. The third-order valence-corrected chi connectivity index (χ3v) is 6.65. The average molecular weight is 451 g/mol. The summed E-state index contributed by atoms with van der Waals surface area (Å²) in [5.41, 5.74) is 3.92. The predicted molar refractivity (Wildman–Crippen MR) is 124 cm³/mol. The smallest absolute Gasteiger partial charge is 0.407 e. The lowest BCUT2D eigenvalue weighted by Gasteiger charge is -2.29. The van der Waals surface area contributed by atoms with Crippen LogP contribution in [-0.2, 0) is 14.3 Å². The summed E-state index contributed by atoms with van der Waals surface area (Å²) in [4.78, 5) is 36.2. The third kappa shape index (κ3) is 5.18. The fourth-order valence-electron chi connectivity index (χ4n) is 5.20. The van der Waals surface area contributed by atoms with Gasteiger partial charge in [-0.05, 0) is 42.0 Å². The van der Waals surface area contributed by atoms with Crippen molar-refractivity contribution in [2.45, 2.75) is 62.9 Å². The van der Waals surface area contributed by atoms with Gasteiger partial charge in [0.05, 0.1) is 12.0 Å². The molecule has 2 aromatic rings. The molecule has 33 heavy (non-hydrogen) atoms. The lowest BCUT2D eigenvalue weighted by atomic mass is 9.93. The van der Waals surface area contributed by atoms with E-state index in [2.05, 4.69) is 34.9 Å². The van der Waals surface area contributed by atoms with Crippen molar-refractivity contribution in [1.29, 1.82) is 0 Å². The van der Waals surface area contributed by atoms with Crippen molar-refractivity contribution in [3.8, 4) is 11.1 Å². The Morgan fingerprint density at radius 2 is 1.61 bits per heavy atom. The molecule has 174 valence electrons. The van der Waals surface area contributed by atoms with Crippen molar-refractivity contribution in [2.75, 3.05) is 6.61 Å². The van der Waals surface area contributed by atoms with Crippen molar-refractivity contribution < 1.29 is 24.2 Å². The molecule has 2 amide bonds. The molecule has 1 fully saturated rings. The van der Waals surface area contributed by atoms with Gasteiger partial charge in [-0.15, -0.1) is 0 Å². The van der Waals surface area contributed by atoms with E-state index in [1.807, 2.05) is 24.3 Å². The van der Waals surface area contributed by atoms with Crippen LogP contribution in [0.4, 0.5) is 4.79 Å². The molecule has 1 atom stereocenters. The number of hydrogen-bond donors (Lipinski definition) is 3. The number of carboxylic acids is 1. The number of carbonyl (C=O) groups is 3. The maximum absolute atomic E-state index is 12.5. The summed E-state index contributed by atoms with van der Waals surface area (Å²) in [7, 11) is 0. The molecule has 2 aliphatic carbocycles. The Labute approximate surface area is 193 Å². The number of benzene rings is 2. The summed E-state index contributed by atoms with van der Waals surface area (Å²) in [5, 5.41) is 14.8. The van der Waals surface area contributed by atoms with E-state index in [-0.39, 0.29) is 31.3 Å². The van der Waals surface area contributed by atoms with E-state index >= 15 is 0 Å². The van der Waals surface area contributed by atoms with Gasteiger partial charge >= 0.3 is 12.1 Å². The minimum Gasteiger partial charge on any atom is -0.481 e. The summed E-state index contributed by atoms with van der Waals surface area (Å²) in [5.74, 6) is -1.20. The van der Waals surface area contributed by atoms with Gasteiger partial charge in [-0.1, -0.05) is 61.4 Å². The normalized spacial score (nSPS) is 17.0. The second-order valence-electron chi connectivity index (χ2n) is 9.18. The van der Waals surface area contributed by atoms with E-state index in [1.165, 1.54) is 0 Å². The highest BCUT2D eigenvalue weighted by Crippen LogP contribution is 2.44. The zero-order valence-corrected chi connectivity index (χ0v) is 18.8. The molecule has 0 spiro atoms. The molecule has 0 saturated heterocycles. The maximum Gasteiger partial charge on any atom is 0.407 e. The highest BCUT2D eigenvalue weighted by molar-refractivity contribution is 5.80. The second-order valence-corrected chi connectivity index (χ2v) is 9.18. The Hall–Kier alpha value is -3.35. The first-order valence-corrected chi connectivity index (χ1v) is 11.5. The molecular formula is C26H30N2O5. The fraction of sp³-hybridized carbons (Fsp3) is 0.423. The maximum atomic E-state index is 12.5. The van der Waals surface area contributed by atoms with Gasteiger partial charge in [0, 0.05) is 18.4 Å². The zero-order valence-electron chi connectivity index (χ0n) is 18.8. The van der Waals surface area contributed by atoms with Gasteiger partial charge in [0.1, 0.15) is 6.61 Å². The van der Waals surface area contributed by atoms with Gasteiger partial charge in [0.2, 0.25) is 5.91 Å². The largest absolute Gasteiger partial charge is 0.481 e. The number of aliphatic carboxylic acids is 1. The number of carboxylic acid groups (broad SMARTS) is 1. The van der Waals surface area contributed by atoms with Crippen LogP contribution in [0.2, 0.25) is 0 Å². The Bertz CT molecular complexity index is 999. The predicted octanol–water partition coefficient (Wildman–Crippen LogP) is 4.21. The molecule has 0 bridgehead atoms. The summed E-state index contributed by atoms with van der Waals surface area (Å²) in [6, 6.07) is 15.8. The van der Waals surface area contributed by atoms with Crippen LogP contribution in [-0.4, -0.2) is 41.3 Å². The topological polar surface area (TPSA) is 105 Å². The fourth-order valence-corrected chi connectivity index (χ4v) is 5.20. The van der Waals surface area contributed by atoms with Gasteiger partial charge in [-0.25, -0.2) is 4.79 Å². The second kappa shape index (κ2) is 9.65. The minimum atomic E-state index is -0.915. The number of ether oxygens (including phenoxy) is 1. The lowest BCUT2D eigenvalue weighted by molar-refractivity contribution is -0.139. The van der Waals surface area contributed by atoms with E-state index < -0.39 is 23.6 Å². The number of amides is 2. The number of alkyl carbamates (subject to hydrolysis) is 1. The minimum absolute atomic E-state index is 0.0278. The van der Waals surface area contributed by atoms with Crippen LogP contribution >= 0.6 is 0 Å². The Morgan fingerprint density at radius 3 is 2.18 bits per heavy atom. The third-order valence-electron chi connectivity index (χ3n) is 6.65. The van der Waals surface area contributed by atoms with Crippen LogP contribution in [0.5, 0.6) is 0 Å². The van der Waals surface area contributed by atoms with Crippen LogP contribution in [0.3, 0.4) is 0 Å². The monoisotopic (exact) mass is 450 g/mol. The van der Waals surface area contributed by atoms with Gasteiger partial charge in [0.15, 0.2) is 0 Å². The number of rotatable bonds is 8. The molecular weight excluding hydrogens is 420 g/mol. The van der Waals surface area contributed by atoms with Crippen molar-refractivity contribution in [1.82, 2.24) is 10.6 Å². The molecule has 1 saturated carbocycles. The van der Waals surface area contributed by atoms with Crippen LogP contribution < -0.4 is 10.6 Å². The highest BCUT2D eigenvalue weighted by Gasteiger charge is 2.37. The molecule has 4 rings (SSSR count). The van der Waals surface area contributed by atoms with Gasteiger partial charge in [0.25, 0.3) is 0 Å². The standard InChI is InChI=1S/C26H30N2O5/c1-17(14-23(29)28-26(15-24(30)31)12-6-7-13-26)27-25(32)33-16-22-20-10-4-2-8-18(20)19-9-3-5-11-21(19)22/h2-5,8-11,17,22H,6-7,12-16H2,1H3,(H,27,32)(H,28,29)(H,30,31). The molecule has 7 heteroatoms. The van der Waals surface area contributed by atoms with E-state index in [9.17, 15) is 19.5 Å². The van der Waals surface area contributed by atoms with Crippen LogP contribution in [0.15, 0.2) is 48.5 Å². The molecule has 2 aromatic carbocycles. The molecule has 0 aliphatic heterocycles. The number of hydrogen-bond acceptors (Lipinski definition) is 4. The summed E-state index contributed by atoms with van der Waals surface area (Å²) < 4.78 is 5.54. The molecule has 2 aliphatic rings. The molecule has 0 aromatic heterocycles. The Balaban J connectivity index is 1.30. The van der Waals surface area contributed by atoms with Gasteiger partial charge < -0.3 is 20.5 Å². The molecule has 3 N–H and O–H groups in total. The quantitative estimate of drug-likeness (QED) is 0.559. The average Bonchev–Trinajstić information content (AvgIpc) is 3.34. The molecule has 0 heterocycles. The van der Waals surface area contributed by atoms with E-state index in [0.29, 0.717) is 12.8 Å². The Morgan fingerprint density at radius 1 is 1.03 bits per heavy atom. The first-order valence-electron chi connectivity index (χ1n) is 11.5. The van der Waals surface area contributed by atoms with Crippen molar-refractivity contribution in [3.63, 3.8) is 0 Å². The summed E-state index contributed by atoms with van der Waals surface area (Å²) in [6.07, 6.45) is 2.55. The van der Waals surface area contributed by atoms with Crippen LogP contribution in [0.1, 0.15) is 62.5 Å². The van der Waals surface area contributed by atoms with Crippen molar-refractivity contribution in [3.05, 3.63) is 59.7 Å². The highest BCUT2D eigenvalue weighted by atomic mass is 16.5. The number of carbonyl (C=O) groups excluding carboxylic acids is 2. The SMILES string of the molecule is CC(CC(=O)NC1(CC(=O)O)CCCC1)NC(=O)OCC1c2ccccc2-c2ccccc21. The van der Waals surface area contributed by atoms with Crippen LogP contribution in [0, 0.1) is 0 Å². The summed E-state index contributed by atoms with van der Waals surface area (Å²) in [6.45, 7) is 1.94. The van der Waals surface area contributed by atoms with E-state index in [1.54, 1.807) is 6.92 Å². The first kappa shape index (κ1) is 22.8. The van der Waals surface area contributed by atoms with Crippen LogP contribution in [0.25, 0.3) is 11.1 Å². The van der Waals surface area contributed by atoms with Gasteiger partial charge in [-0.3, -0.25) is 9.59 Å². The Kier molecular flexibility index (Phi) is 6.67. The van der Waals surface area contributed by atoms with Crippen molar-refractivity contribution >= 4 is 18.0 Å². The summed E-state index contributed by atoms with van der Waals surface area (Å²) >= 11 is 0. The lowest BCUT2D eigenvalue weighted by Crippen LogP contribution is -2.49. The molecule has 7 nitrogen and oxygen atoms in total. The number of nitrogens with one attached hydrogen (secondary N) is 2. The van der Waals surface area contributed by atoms with E-state index in [0.717, 1.165) is 35.1 Å². The molecule has 1 unspecified atom stereocenters. The first-order chi connectivity index (χ1) is 15.9. The number of fused-ring (bicyclic) bond motifs is 3. The van der Waals surface area contributed by atoms with Gasteiger partial charge in [-0.2, -0.15) is 0 Å². The van der Waals surface area contributed by atoms with E-state index in [4.69, 9.17) is 4.74 Å².